The van der Waals surface area contributed by atoms with Gasteiger partial charge in [-0.05, 0) is 22.0 Å². The molecule has 8 nitrogen and oxygen atoms in total. The molecule has 3 rings (SSSR count). The summed E-state index contributed by atoms with van der Waals surface area (Å²) in [5.74, 6) is -0.875. The maximum absolute atomic E-state index is 13.1. The van der Waals surface area contributed by atoms with Gasteiger partial charge in [-0.1, -0.05) is 15.9 Å². The van der Waals surface area contributed by atoms with Crippen LogP contribution in [0.2, 0.25) is 0 Å². The van der Waals surface area contributed by atoms with Crippen LogP contribution in [0.1, 0.15) is 10.5 Å². The van der Waals surface area contributed by atoms with E-state index in [0.717, 1.165) is 0 Å². The number of nitrogens with zero attached hydrogens (tertiary/aromatic N) is 1. The van der Waals surface area contributed by atoms with Gasteiger partial charge in [0.05, 0.1) is 24.4 Å². The highest BCUT2D eigenvalue weighted by atomic mass is 79.9. The van der Waals surface area contributed by atoms with Crippen molar-refractivity contribution in [3.63, 3.8) is 0 Å². The Hall–Kier alpha value is -1.14. The first-order valence-corrected chi connectivity index (χ1v) is 9.94. The van der Waals surface area contributed by atoms with E-state index in [1.54, 1.807) is 6.07 Å². The summed E-state index contributed by atoms with van der Waals surface area (Å²) in [6.07, 6.45) is 0. The summed E-state index contributed by atoms with van der Waals surface area (Å²) in [5, 5.41) is 0.302. The highest BCUT2D eigenvalue weighted by Crippen LogP contribution is 2.40. The zero-order chi connectivity index (χ0) is 17.6. The van der Waals surface area contributed by atoms with E-state index in [2.05, 4.69) is 36.8 Å². The van der Waals surface area contributed by atoms with Crippen LogP contribution in [-0.4, -0.2) is 49.9 Å². The Bertz CT molecular complexity index is 935. The van der Waals surface area contributed by atoms with Crippen LogP contribution in [0.3, 0.4) is 0 Å². The zero-order valence-corrected chi connectivity index (χ0v) is 16.3. The van der Waals surface area contributed by atoms with Gasteiger partial charge in [-0.25, -0.2) is 8.42 Å². The number of aromatic amines is 1. The van der Waals surface area contributed by atoms with Gasteiger partial charge < -0.3 is 21.2 Å². The normalized spacial score (nSPS) is 16.6. The van der Waals surface area contributed by atoms with Crippen molar-refractivity contribution in [1.82, 2.24) is 9.29 Å². The Morgan fingerprint density at radius 3 is 2.46 bits per heavy atom. The van der Waals surface area contributed by atoms with Crippen LogP contribution in [-0.2, 0) is 14.8 Å². The predicted octanol–water partition coefficient (Wildman–Crippen LogP) is 1.39. The number of carbonyl (C=O) groups is 1. The average molecular weight is 482 g/mol. The van der Waals surface area contributed by atoms with Gasteiger partial charge in [-0.2, -0.15) is 4.31 Å². The summed E-state index contributed by atoms with van der Waals surface area (Å²) in [7, 11) is -3.95. The number of hydrogen-bond donors (Lipinski definition) is 3. The first-order valence-electron chi connectivity index (χ1n) is 6.92. The molecule has 0 radical (unpaired) electrons. The number of benzene rings is 1. The molecular weight excluding hydrogens is 468 g/mol. The third-order valence-electron chi connectivity index (χ3n) is 3.79. The molecule has 1 aromatic carbocycles. The maximum Gasteiger partial charge on any atom is 0.266 e. The van der Waals surface area contributed by atoms with Gasteiger partial charge in [-0.15, -0.1) is 0 Å². The number of rotatable bonds is 3. The van der Waals surface area contributed by atoms with Crippen molar-refractivity contribution in [1.29, 1.82) is 0 Å². The quantitative estimate of drug-likeness (QED) is 0.570. The molecule has 1 saturated heterocycles. The lowest BCUT2D eigenvalue weighted by atomic mass is 10.2. The van der Waals surface area contributed by atoms with Crippen molar-refractivity contribution in [3.05, 3.63) is 20.7 Å². The lowest BCUT2D eigenvalue weighted by molar-refractivity contribution is 0.0730. The van der Waals surface area contributed by atoms with Gasteiger partial charge in [0, 0.05) is 27.4 Å². The third kappa shape index (κ3) is 2.73. The molecule has 2 heterocycles. The highest BCUT2D eigenvalue weighted by molar-refractivity contribution is 9.11. The van der Waals surface area contributed by atoms with E-state index in [1.165, 1.54) is 4.31 Å². The number of carbonyl (C=O) groups excluding carboxylic acids is 1. The largest absolute Gasteiger partial charge is 0.396 e. The fourth-order valence-electron chi connectivity index (χ4n) is 2.64. The molecule has 1 aliphatic heterocycles. The van der Waals surface area contributed by atoms with Gasteiger partial charge in [0.1, 0.15) is 10.6 Å². The monoisotopic (exact) mass is 480 g/mol. The molecule has 1 aliphatic rings. The van der Waals surface area contributed by atoms with Crippen LogP contribution >= 0.6 is 31.9 Å². The fourth-order valence-corrected chi connectivity index (χ4v) is 5.90. The Morgan fingerprint density at radius 1 is 1.25 bits per heavy atom. The van der Waals surface area contributed by atoms with E-state index in [0.29, 0.717) is 38.7 Å². The maximum atomic E-state index is 13.1. The van der Waals surface area contributed by atoms with Gasteiger partial charge in [0.2, 0.25) is 10.0 Å². The minimum absolute atomic E-state index is 0.169. The Balaban J connectivity index is 2.35. The molecule has 0 saturated carbocycles. The Morgan fingerprint density at radius 2 is 1.88 bits per heavy atom. The topological polar surface area (TPSA) is 132 Å². The number of nitrogens with one attached hydrogen (secondary N) is 1. The number of anilines is 1. The molecule has 0 atom stereocenters. The molecule has 2 aromatic rings. The van der Waals surface area contributed by atoms with Crippen molar-refractivity contribution < 1.29 is 17.9 Å². The number of fused-ring (bicyclic) bond motifs is 1. The molecule has 1 aromatic heterocycles. The number of nitrogen functional groups attached to an aromatic ring is 1. The second kappa shape index (κ2) is 6.30. The molecule has 1 fully saturated rings. The number of hydrogen-bond acceptors (Lipinski definition) is 5. The van der Waals surface area contributed by atoms with E-state index in [4.69, 9.17) is 16.2 Å². The molecule has 0 unspecified atom stereocenters. The zero-order valence-electron chi connectivity index (χ0n) is 12.3. The van der Waals surface area contributed by atoms with Crippen molar-refractivity contribution in [3.8, 4) is 0 Å². The lowest BCUT2D eigenvalue weighted by Gasteiger charge is -2.26. The van der Waals surface area contributed by atoms with Crippen LogP contribution in [0.25, 0.3) is 10.9 Å². The van der Waals surface area contributed by atoms with Crippen molar-refractivity contribution in [2.45, 2.75) is 4.90 Å². The number of sulfonamides is 1. The average Bonchev–Trinajstić information content (AvgIpc) is 2.96. The van der Waals surface area contributed by atoms with E-state index >= 15 is 0 Å². The summed E-state index contributed by atoms with van der Waals surface area (Å²) in [5.41, 5.74) is 11.8. The Kier molecular flexibility index (Phi) is 4.64. The van der Waals surface area contributed by atoms with Gasteiger partial charge in [-0.3, -0.25) is 4.79 Å². The molecular formula is C13H14Br2N4O4S. The summed E-state index contributed by atoms with van der Waals surface area (Å²) in [4.78, 5) is 14.4. The number of ether oxygens (including phenoxy) is 1. The van der Waals surface area contributed by atoms with E-state index in [-0.39, 0.29) is 23.7 Å². The summed E-state index contributed by atoms with van der Waals surface area (Å²) < 4.78 is 33.7. The van der Waals surface area contributed by atoms with Crippen LogP contribution in [0.4, 0.5) is 5.69 Å². The lowest BCUT2D eigenvalue weighted by Crippen LogP contribution is -2.41. The number of aromatic nitrogens is 1. The standard InChI is InChI=1S/C13H14Br2N4O4S/c14-6-5-7(15)9(16)10-8(6)12(11(18-10)13(17)20)24(21,22)19-1-3-23-4-2-19/h5,18H,1-4,16H2,(H2,17,20). The van der Waals surface area contributed by atoms with Crippen LogP contribution in [0.5, 0.6) is 0 Å². The van der Waals surface area contributed by atoms with Crippen LogP contribution in [0, 0.1) is 0 Å². The fraction of sp³-hybridized carbons (Fsp3) is 0.308. The van der Waals surface area contributed by atoms with Crippen LogP contribution in [0.15, 0.2) is 19.9 Å². The molecule has 11 heteroatoms. The smallest absolute Gasteiger partial charge is 0.266 e. The first kappa shape index (κ1) is 17.7. The van der Waals surface area contributed by atoms with E-state index in [9.17, 15) is 13.2 Å². The highest BCUT2D eigenvalue weighted by Gasteiger charge is 2.35. The minimum Gasteiger partial charge on any atom is -0.396 e. The summed E-state index contributed by atoms with van der Waals surface area (Å²) in [6, 6.07) is 1.63. The number of H-pyrrole nitrogens is 1. The third-order valence-corrected chi connectivity index (χ3v) is 7.04. The van der Waals surface area contributed by atoms with Gasteiger partial charge in [0.25, 0.3) is 5.91 Å². The van der Waals surface area contributed by atoms with Gasteiger partial charge in [0.15, 0.2) is 0 Å². The predicted molar refractivity (Wildman–Crippen MR) is 96.2 cm³/mol. The summed E-state index contributed by atoms with van der Waals surface area (Å²) >= 11 is 6.64. The van der Waals surface area contributed by atoms with E-state index in [1.807, 2.05) is 0 Å². The molecule has 5 N–H and O–H groups in total. The minimum atomic E-state index is -3.95. The van der Waals surface area contributed by atoms with Crippen molar-refractivity contribution in [2.75, 3.05) is 32.0 Å². The molecule has 1 amide bonds. The number of halogens is 2. The molecule has 0 spiro atoms. The van der Waals surface area contributed by atoms with Gasteiger partial charge >= 0.3 is 0 Å². The SMILES string of the molecule is NC(=O)c1[nH]c2c(N)c(Br)cc(Br)c2c1S(=O)(=O)N1CCOCC1. The number of morpholine rings is 1. The first-order chi connectivity index (χ1) is 11.2. The number of primary amides is 1. The summed E-state index contributed by atoms with van der Waals surface area (Å²) in [6.45, 7) is 0.998. The number of nitrogens with two attached hydrogens (primary N) is 2. The molecule has 24 heavy (non-hydrogen) atoms. The second-order valence-electron chi connectivity index (χ2n) is 5.21. The molecule has 0 aliphatic carbocycles. The Labute approximate surface area is 154 Å². The molecule has 0 bridgehead atoms. The number of amides is 1. The van der Waals surface area contributed by atoms with E-state index < -0.39 is 15.9 Å². The van der Waals surface area contributed by atoms with Crippen molar-refractivity contribution in [2.24, 2.45) is 5.73 Å². The second-order valence-corrected chi connectivity index (χ2v) is 8.80. The molecule has 130 valence electrons. The van der Waals surface area contributed by atoms with Crippen LogP contribution < -0.4 is 11.5 Å². The van der Waals surface area contributed by atoms with Crippen molar-refractivity contribution >= 4 is 64.4 Å².